The van der Waals surface area contributed by atoms with Crippen LogP contribution in [0.1, 0.15) is 18.4 Å². The molecule has 84 valence electrons. The van der Waals surface area contributed by atoms with Crippen LogP contribution in [0.15, 0.2) is 28.9 Å². The summed E-state index contributed by atoms with van der Waals surface area (Å²) < 4.78 is 3.34. The van der Waals surface area contributed by atoms with Crippen molar-refractivity contribution in [3.05, 3.63) is 34.4 Å². The van der Waals surface area contributed by atoms with Gasteiger partial charge < -0.3 is 10.3 Å². The molecule has 1 heterocycles. The van der Waals surface area contributed by atoms with Gasteiger partial charge in [0.25, 0.3) is 0 Å². The third-order valence-electron chi connectivity index (χ3n) is 3.78. The number of hydrogen-bond acceptors (Lipinski definition) is 1. The topological polar surface area (TPSA) is 30.9 Å². The molecule has 1 aliphatic rings. The second kappa shape index (κ2) is 3.34. The fourth-order valence-corrected chi connectivity index (χ4v) is 3.29. The zero-order chi connectivity index (χ0) is 11.3. The van der Waals surface area contributed by atoms with E-state index in [1.165, 1.54) is 33.8 Å². The summed E-state index contributed by atoms with van der Waals surface area (Å²) in [4.78, 5) is 0. The lowest BCUT2D eigenvalue weighted by Crippen LogP contribution is -2.19. The van der Waals surface area contributed by atoms with Gasteiger partial charge in [0, 0.05) is 40.6 Å². The number of hydrogen-bond donors (Lipinski definition) is 1. The van der Waals surface area contributed by atoms with E-state index in [0.29, 0.717) is 0 Å². The lowest BCUT2D eigenvalue weighted by Gasteiger charge is -2.14. The Bertz CT molecular complexity index is 552. The Morgan fingerprint density at radius 2 is 2.19 bits per heavy atom. The quantitative estimate of drug-likeness (QED) is 0.900. The lowest BCUT2D eigenvalue weighted by molar-refractivity contribution is 0.711. The molecule has 16 heavy (non-hydrogen) atoms. The van der Waals surface area contributed by atoms with Crippen LogP contribution >= 0.6 is 15.9 Å². The number of rotatable bonds is 2. The highest BCUT2D eigenvalue weighted by Crippen LogP contribution is 2.50. The van der Waals surface area contributed by atoms with Crippen LogP contribution in [-0.4, -0.2) is 11.1 Å². The minimum atomic E-state index is 0.253. The monoisotopic (exact) mass is 278 g/mol. The highest BCUT2D eigenvalue weighted by Gasteiger charge is 2.44. The first-order valence-electron chi connectivity index (χ1n) is 5.62. The van der Waals surface area contributed by atoms with Gasteiger partial charge in [-0.1, -0.05) is 12.1 Å². The summed E-state index contributed by atoms with van der Waals surface area (Å²) in [6.45, 7) is 0.757. The molecule has 0 amide bonds. The van der Waals surface area contributed by atoms with Gasteiger partial charge >= 0.3 is 0 Å². The average Bonchev–Trinajstić information content (AvgIpc) is 3.03. The Morgan fingerprint density at radius 1 is 1.44 bits per heavy atom. The number of nitrogens with two attached hydrogens (primary N) is 1. The van der Waals surface area contributed by atoms with Crippen molar-refractivity contribution < 1.29 is 0 Å². The first kappa shape index (κ1) is 10.4. The third-order valence-corrected chi connectivity index (χ3v) is 4.39. The smallest absolute Gasteiger partial charge is 0.0492 e. The highest BCUT2D eigenvalue weighted by molar-refractivity contribution is 9.10. The van der Waals surface area contributed by atoms with E-state index in [4.69, 9.17) is 5.73 Å². The van der Waals surface area contributed by atoms with Gasteiger partial charge in [-0.25, -0.2) is 0 Å². The first-order chi connectivity index (χ1) is 7.68. The van der Waals surface area contributed by atoms with E-state index in [-0.39, 0.29) is 5.41 Å². The second-order valence-corrected chi connectivity index (χ2v) is 5.63. The molecule has 3 rings (SSSR count). The lowest BCUT2D eigenvalue weighted by atomic mass is 9.93. The largest absolute Gasteiger partial charge is 0.349 e. The minimum Gasteiger partial charge on any atom is -0.349 e. The summed E-state index contributed by atoms with van der Waals surface area (Å²) in [5.74, 6) is 0. The fraction of sp³-hybridized carbons (Fsp3) is 0.385. The molecule has 0 atom stereocenters. The van der Waals surface area contributed by atoms with E-state index >= 15 is 0 Å². The van der Waals surface area contributed by atoms with E-state index in [9.17, 15) is 0 Å². The van der Waals surface area contributed by atoms with E-state index < -0.39 is 0 Å². The van der Waals surface area contributed by atoms with Crippen LogP contribution in [0.5, 0.6) is 0 Å². The fourth-order valence-electron chi connectivity index (χ4n) is 2.57. The molecule has 0 bridgehead atoms. The number of halogens is 1. The number of fused-ring (bicyclic) bond motifs is 1. The van der Waals surface area contributed by atoms with E-state index in [1.807, 2.05) is 0 Å². The minimum absolute atomic E-state index is 0.253. The molecule has 2 N–H and O–H groups in total. The Labute approximate surface area is 104 Å². The van der Waals surface area contributed by atoms with Crippen molar-refractivity contribution in [1.29, 1.82) is 0 Å². The standard InChI is InChI=1S/C13H15BrN2/c1-16-7-10(14)12-9(3-2-4-11(12)16)13(8-15)5-6-13/h2-4,7H,5-6,8,15H2,1H3. The van der Waals surface area contributed by atoms with E-state index in [2.05, 4.69) is 51.9 Å². The molecule has 0 spiro atoms. The average molecular weight is 279 g/mol. The summed E-state index contributed by atoms with van der Waals surface area (Å²) in [5.41, 5.74) is 8.88. The van der Waals surface area contributed by atoms with Crippen molar-refractivity contribution in [2.75, 3.05) is 6.54 Å². The van der Waals surface area contributed by atoms with Gasteiger partial charge in [-0.2, -0.15) is 0 Å². The van der Waals surface area contributed by atoms with Gasteiger partial charge in [0.05, 0.1) is 0 Å². The van der Waals surface area contributed by atoms with Gasteiger partial charge in [-0.3, -0.25) is 0 Å². The van der Waals surface area contributed by atoms with Crippen molar-refractivity contribution in [2.24, 2.45) is 12.8 Å². The van der Waals surface area contributed by atoms with Crippen LogP contribution in [0.3, 0.4) is 0 Å². The second-order valence-electron chi connectivity index (χ2n) is 4.77. The maximum Gasteiger partial charge on any atom is 0.0492 e. The predicted octanol–water partition coefficient (Wildman–Crippen LogP) is 2.93. The maximum absolute atomic E-state index is 5.93. The molecule has 1 aromatic carbocycles. The van der Waals surface area contributed by atoms with Crippen molar-refractivity contribution in [1.82, 2.24) is 4.57 Å². The van der Waals surface area contributed by atoms with Gasteiger partial charge in [-0.15, -0.1) is 0 Å². The molecule has 2 aromatic rings. The Morgan fingerprint density at radius 3 is 2.81 bits per heavy atom. The van der Waals surface area contributed by atoms with Crippen LogP contribution in [0.25, 0.3) is 10.9 Å². The normalized spacial score (nSPS) is 17.9. The molecule has 2 nitrogen and oxygen atoms in total. The number of aryl methyl sites for hydroxylation is 1. The maximum atomic E-state index is 5.93. The molecule has 0 aliphatic heterocycles. The predicted molar refractivity (Wildman–Crippen MR) is 70.6 cm³/mol. The molecular weight excluding hydrogens is 264 g/mol. The summed E-state index contributed by atoms with van der Waals surface area (Å²) in [6.07, 6.45) is 4.58. The zero-order valence-electron chi connectivity index (χ0n) is 9.33. The molecular formula is C13H15BrN2. The van der Waals surface area contributed by atoms with Crippen LogP contribution in [0.4, 0.5) is 0 Å². The molecule has 0 unspecified atom stereocenters. The van der Waals surface area contributed by atoms with Crippen LogP contribution in [0.2, 0.25) is 0 Å². The number of nitrogens with zero attached hydrogens (tertiary/aromatic N) is 1. The van der Waals surface area contributed by atoms with Crippen molar-refractivity contribution in [3.8, 4) is 0 Å². The molecule has 1 aromatic heterocycles. The Hall–Kier alpha value is -0.800. The molecule has 1 saturated carbocycles. The summed E-state index contributed by atoms with van der Waals surface area (Å²) >= 11 is 3.66. The van der Waals surface area contributed by atoms with E-state index in [1.54, 1.807) is 0 Å². The molecule has 0 saturated heterocycles. The zero-order valence-corrected chi connectivity index (χ0v) is 10.9. The third kappa shape index (κ3) is 1.28. The van der Waals surface area contributed by atoms with Crippen LogP contribution in [-0.2, 0) is 12.5 Å². The van der Waals surface area contributed by atoms with Crippen LogP contribution in [0, 0.1) is 0 Å². The molecule has 1 aliphatic carbocycles. The summed E-state index contributed by atoms with van der Waals surface area (Å²) in [5, 5.41) is 1.34. The number of aromatic nitrogens is 1. The molecule has 0 radical (unpaired) electrons. The van der Waals surface area contributed by atoms with Crippen molar-refractivity contribution >= 4 is 26.8 Å². The van der Waals surface area contributed by atoms with Gasteiger partial charge in [0.2, 0.25) is 0 Å². The Balaban J connectivity index is 2.33. The Kier molecular flexibility index (Phi) is 2.17. The van der Waals surface area contributed by atoms with Crippen LogP contribution < -0.4 is 5.73 Å². The van der Waals surface area contributed by atoms with Gasteiger partial charge in [0.1, 0.15) is 0 Å². The number of benzene rings is 1. The molecule has 1 fully saturated rings. The SMILES string of the molecule is Cn1cc(Br)c2c(C3(CN)CC3)cccc21. The summed E-state index contributed by atoms with van der Waals surface area (Å²) in [6, 6.07) is 6.53. The van der Waals surface area contributed by atoms with Crippen molar-refractivity contribution in [2.45, 2.75) is 18.3 Å². The molecule has 3 heteroatoms. The highest BCUT2D eigenvalue weighted by atomic mass is 79.9. The van der Waals surface area contributed by atoms with E-state index in [0.717, 1.165) is 6.54 Å². The summed E-state index contributed by atoms with van der Waals surface area (Å²) in [7, 11) is 2.08. The first-order valence-corrected chi connectivity index (χ1v) is 6.41. The van der Waals surface area contributed by atoms with Gasteiger partial charge in [0.15, 0.2) is 0 Å². The van der Waals surface area contributed by atoms with Crippen molar-refractivity contribution in [3.63, 3.8) is 0 Å². The van der Waals surface area contributed by atoms with Gasteiger partial charge in [-0.05, 0) is 40.4 Å².